The van der Waals surface area contributed by atoms with Crippen LogP contribution in [0, 0.1) is 0 Å². The van der Waals surface area contributed by atoms with Crippen molar-refractivity contribution in [1.82, 2.24) is 19.7 Å². The number of sulfonamides is 1. The van der Waals surface area contributed by atoms with Gasteiger partial charge in [-0.25, -0.2) is 13.1 Å². The minimum absolute atomic E-state index is 0.00415. The zero-order valence-corrected chi connectivity index (χ0v) is 14.4. The first kappa shape index (κ1) is 17.4. The van der Waals surface area contributed by atoms with Crippen LogP contribution in [0.3, 0.4) is 0 Å². The molecular formula is C13H16ClN5O3S. The molecule has 0 aliphatic rings. The van der Waals surface area contributed by atoms with Gasteiger partial charge in [0.2, 0.25) is 16.0 Å². The van der Waals surface area contributed by atoms with Crippen LogP contribution < -0.4 is 14.4 Å². The molecule has 0 radical (unpaired) electrons. The van der Waals surface area contributed by atoms with E-state index in [-0.39, 0.29) is 28.3 Å². The smallest absolute Gasteiger partial charge is 0.321 e. The lowest BCUT2D eigenvalue weighted by Gasteiger charge is -2.12. The minimum atomic E-state index is -3.78. The number of methoxy groups -OCH3 is 1. The van der Waals surface area contributed by atoms with E-state index in [1.165, 1.54) is 19.2 Å². The normalized spacial score (nSPS) is 11.3. The van der Waals surface area contributed by atoms with E-state index in [9.17, 15) is 8.42 Å². The second kappa shape index (κ2) is 7.07. The van der Waals surface area contributed by atoms with E-state index in [1.807, 2.05) is 0 Å². The Labute approximate surface area is 139 Å². The summed E-state index contributed by atoms with van der Waals surface area (Å²) in [7, 11) is 1.16. The molecule has 2 aromatic rings. The molecule has 0 aliphatic carbocycles. The molecule has 1 aromatic heterocycles. The summed E-state index contributed by atoms with van der Waals surface area (Å²) in [5.74, 6) is 0.597. The lowest BCUT2D eigenvalue weighted by molar-refractivity contribution is 0.375. The molecule has 1 N–H and O–H groups in total. The SMILES string of the molecule is COc1nc(CNS(=O)(=O)c2ccccc2Cl)nc(N(C)C)n1. The van der Waals surface area contributed by atoms with Crippen molar-refractivity contribution in [1.29, 1.82) is 0 Å². The van der Waals surface area contributed by atoms with Crippen LogP contribution in [-0.2, 0) is 16.6 Å². The summed E-state index contributed by atoms with van der Waals surface area (Å²) in [6, 6.07) is 6.28. The van der Waals surface area contributed by atoms with Gasteiger partial charge in [-0.05, 0) is 12.1 Å². The van der Waals surface area contributed by atoms with Crippen LogP contribution in [0.2, 0.25) is 5.02 Å². The van der Waals surface area contributed by atoms with Crippen LogP contribution in [0.4, 0.5) is 5.95 Å². The van der Waals surface area contributed by atoms with Gasteiger partial charge in [-0.3, -0.25) is 0 Å². The third-order valence-corrected chi connectivity index (χ3v) is 4.68. The van der Waals surface area contributed by atoms with Crippen LogP contribution in [-0.4, -0.2) is 44.6 Å². The fraction of sp³-hybridized carbons (Fsp3) is 0.308. The molecule has 0 saturated heterocycles. The highest BCUT2D eigenvalue weighted by atomic mass is 35.5. The Morgan fingerprint density at radius 2 is 1.91 bits per heavy atom. The van der Waals surface area contributed by atoms with E-state index in [4.69, 9.17) is 16.3 Å². The van der Waals surface area contributed by atoms with Gasteiger partial charge in [0.15, 0.2) is 5.82 Å². The molecule has 0 atom stereocenters. The lowest BCUT2D eigenvalue weighted by Crippen LogP contribution is -2.25. The van der Waals surface area contributed by atoms with Gasteiger partial charge >= 0.3 is 6.01 Å². The number of hydrogen-bond donors (Lipinski definition) is 1. The summed E-state index contributed by atoms with van der Waals surface area (Å²) in [5.41, 5.74) is 0. The van der Waals surface area contributed by atoms with Crippen LogP contribution in [0.15, 0.2) is 29.2 Å². The van der Waals surface area contributed by atoms with Crippen molar-refractivity contribution in [2.45, 2.75) is 11.4 Å². The predicted molar refractivity (Wildman–Crippen MR) is 86.2 cm³/mol. The maximum atomic E-state index is 12.3. The average molecular weight is 358 g/mol. The van der Waals surface area contributed by atoms with E-state index >= 15 is 0 Å². The fourth-order valence-corrected chi connectivity index (χ4v) is 3.15. The van der Waals surface area contributed by atoms with Crippen molar-refractivity contribution in [3.8, 4) is 6.01 Å². The molecular weight excluding hydrogens is 342 g/mol. The topological polar surface area (TPSA) is 97.3 Å². The highest BCUT2D eigenvalue weighted by Gasteiger charge is 2.18. The molecule has 0 bridgehead atoms. The monoisotopic (exact) mass is 357 g/mol. The van der Waals surface area contributed by atoms with Gasteiger partial charge in [0.25, 0.3) is 0 Å². The van der Waals surface area contributed by atoms with E-state index in [0.29, 0.717) is 5.95 Å². The Bertz CT molecular complexity index is 798. The highest BCUT2D eigenvalue weighted by molar-refractivity contribution is 7.89. The molecule has 8 nitrogen and oxygen atoms in total. The number of anilines is 1. The second-order valence-electron chi connectivity index (χ2n) is 4.69. The highest BCUT2D eigenvalue weighted by Crippen LogP contribution is 2.20. The van der Waals surface area contributed by atoms with Crippen molar-refractivity contribution in [2.24, 2.45) is 0 Å². The van der Waals surface area contributed by atoms with Gasteiger partial charge in [0.05, 0.1) is 18.7 Å². The number of rotatable bonds is 6. The molecule has 124 valence electrons. The number of ether oxygens (including phenoxy) is 1. The van der Waals surface area contributed by atoms with Gasteiger partial charge < -0.3 is 9.64 Å². The summed E-state index contributed by atoms with van der Waals surface area (Å²) in [5, 5.41) is 0.141. The molecule has 1 heterocycles. The van der Waals surface area contributed by atoms with Gasteiger partial charge in [-0.1, -0.05) is 23.7 Å². The minimum Gasteiger partial charge on any atom is -0.467 e. The van der Waals surface area contributed by atoms with E-state index in [2.05, 4.69) is 19.7 Å². The summed E-state index contributed by atoms with van der Waals surface area (Å²) >= 11 is 5.92. The molecule has 1 aromatic carbocycles. The number of benzene rings is 1. The Kier molecular flexibility index (Phi) is 5.34. The zero-order chi connectivity index (χ0) is 17.0. The van der Waals surface area contributed by atoms with Crippen molar-refractivity contribution in [3.63, 3.8) is 0 Å². The van der Waals surface area contributed by atoms with Crippen molar-refractivity contribution in [3.05, 3.63) is 35.1 Å². The molecule has 23 heavy (non-hydrogen) atoms. The second-order valence-corrected chi connectivity index (χ2v) is 6.83. The quantitative estimate of drug-likeness (QED) is 0.826. The Morgan fingerprint density at radius 1 is 1.22 bits per heavy atom. The number of halogens is 1. The first-order chi connectivity index (χ1) is 10.8. The number of nitrogens with one attached hydrogen (secondary N) is 1. The van der Waals surface area contributed by atoms with Gasteiger partial charge in [-0.2, -0.15) is 15.0 Å². The molecule has 0 fully saturated rings. The summed E-state index contributed by atoms with van der Waals surface area (Å²) in [6.07, 6.45) is 0. The van der Waals surface area contributed by atoms with Crippen LogP contribution in [0.1, 0.15) is 5.82 Å². The van der Waals surface area contributed by atoms with E-state index in [0.717, 1.165) is 0 Å². The van der Waals surface area contributed by atoms with E-state index < -0.39 is 10.0 Å². The summed E-state index contributed by atoms with van der Waals surface area (Å²) in [4.78, 5) is 13.9. The van der Waals surface area contributed by atoms with Crippen molar-refractivity contribution >= 4 is 27.6 Å². The Morgan fingerprint density at radius 3 is 2.52 bits per heavy atom. The predicted octanol–water partition coefficient (Wildman–Crippen LogP) is 1.08. The van der Waals surface area contributed by atoms with Crippen molar-refractivity contribution in [2.75, 3.05) is 26.1 Å². The molecule has 10 heteroatoms. The van der Waals surface area contributed by atoms with Gasteiger partial charge in [0, 0.05) is 14.1 Å². The summed E-state index contributed by atoms with van der Waals surface area (Å²) in [6.45, 7) is -0.118. The molecule has 0 aliphatic heterocycles. The summed E-state index contributed by atoms with van der Waals surface area (Å²) < 4.78 is 32.0. The van der Waals surface area contributed by atoms with Crippen molar-refractivity contribution < 1.29 is 13.2 Å². The van der Waals surface area contributed by atoms with Crippen LogP contribution >= 0.6 is 11.6 Å². The molecule has 0 saturated carbocycles. The standard InChI is InChI=1S/C13H16ClN5O3S/c1-19(2)12-16-11(17-13(18-12)22-3)8-15-23(20,21)10-7-5-4-6-9(10)14/h4-7,15H,8H2,1-3H3. The number of hydrogen-bond acceptors (Lipinski definition) is 7. The number of aromatic nitrogens is 3. The van der Waals surface area contributed by atoms with Crippen LogP contribution in [0.25, 0.3) is 0 Å². The molecule has 0 amide bonds. The lowest BCUT2D eigenvalue weighted by atomic mass is 10.4. The van der Waals surface area contributed by atoms with E-state index in [1.54, 1.807) is 31.1 Å². The maximum Gasteiger partial charge on any atom is 0.321 e. The fourth-order valence-electron chi connectivity index (χ4n) is 1.66. The third kappa shape index (κ3) is 4.27. The first-order valence-corrected chi connectivity index (χ1v) is 8.40. The number of nitrogens with zero attached hydrogens (tertiary/aromatic N) is 4. The maximum absolute atomic E-state index is 12.3. The largest absolute Gasteiger partial charge is 0.467 e. The molecule has 0 spiro atoms. The zero-order valence-electron chi connectivity index (χ0n) is 12.8. The van der Waals surface area contributed by atoms with Gasteiger partial charge in [0.1, 0.15) is 4.90 Å². The Balaban J connectivity index is 2.23. The Hall–Kier alpha value is -1.97. The van der Waals surface area contributed by atoms with Crippen LogP contribution in [0.5, 0.6) is 6.01 Å². The van der Waals surface area contributed by atoms with Gasteiger partial charge in [-0.15, -0.1) is 0 Å². The third-order valence-electron chi connectivity index (χ3n) is 2.78. The first-order valence-electron chi connectivity index (χ1n) is 6.54. The molecule has 2 rings (SSSR count). The molecule has 0 unspecified atom stereocenters. The average Bonchev–Trinajstić information content (AvgIpc) is 2.53.